The molecule has 1 amide bonds. The summed E-state index contributed by atoms with van der Waals surface area (Å²) in [5, 5.41) is 5.98. The highest BCUT2D eigenvalue weighted by Crippen LogP contribution is 2.21. The van der Waals surface area contributed by atoms with Gasteiger partial charge in [0.05, 0.1) is 11.6 Å². The molecule has 0 radical (unpaired) electrons. The molecule has 0 aliphatic carbocycles. The first-order chi connectivity index (χ1) is 11.5. The Hall–Kier alpha value is -2.47. The van der Waals surface area contributed by atoms with Crippen molar-refractivity contribution in [1.82, 2.24) is 20.2 Å². The number of benzene rings is 1. The number of rotatable bonds is 7. The van der Waals surface area contributed by atoms with Gasteiger partial charge in [0, 0.05) is 25.5 Å². The minimum absolute atomic E-state index is 0.108. The molecule has 1 aromatic carbocycles. The highest BCUT2D eigenvalue weighted by atomic mass is 16.1. The molecule has 0 saturated heterocycles. The minimum atomic E-state index is -0.168. The van der Waals surface area contributed by atoms with Crippen LogP contribution in [0, 0.1) is 6.92 Å². The summed E-state index contributed by atoms with van der Waals surface area (Å²) in [5.41, 5.74) is 2.88. The molecule has 0 aliphatic heterocycles. The second kappa shape index (κ2) is 8.40. The molecule has 6 nitrogen and oxygen atoms in total. The van der Waals surface area contributed by atoms with Crippen LogP contribution in [0.15, 0.2) is 36.7 Å². The summed E-state index contributed by atoms with van der Waals surface area (Å²) < 4.78 is 0. The maximum absolute atomic E-state index is 12.3. The lowest BCUT2D eigenvalue weighted by atomic mass is 10.0. The first-order valence-electron chi connectivity index (χ1n) is 8.09. The molecule has 0 fully saturated rings. The van der Waals surface area contributed by atoms with Crippen LogP contribution in [0.5, 0.6) is 0 Å². The zero-order valence-corrected chi connectivity index (χ0v) is 14.7. The van der Waals surface area contributed by atoms with Crippen molar-refractivity contribution in [1.29, 1.82) is 0 Å². The number of hydrogen-bond donors (Lipinski definition) is 2. The smallest absolute Gasteiger partial charge is 0.254 e. The second-order valence-electron chi connectivity index (χ2n) is 5.87. The topological polar surface area (TPSA) is 70.2 Å². The average molecular weight is 327 g/mol. The fourth-order valence-corrected chi connectivity index (χ4v) is 2.52. The number of anilines is 1. The standard InChI is InChI=1S/C18H25N5O/c1-5-19-18-21-10-14(11-22-18)17(24)20-12-16(23(3)4)15-9-7-6-8-13(15)2/h6-11,16H,5,12H2,1-4H3,(H,20,24)(H,19,21,22). The largest absolute Gasteiger partial charge is 0.355 e. The van der Waals surface area contributed by atoms with Gasteiger partial charge in [0.15, 0.2) is 0 Å². The number of carbonyl (C=O) groups is 1. The van der Waals surface area contributed by atoms with Crippen molar-refractivity contribution in [3.63, 3.8) is 0 Å². The fourth-order valence-electron chi connectivity index (χ4n) is 2.52. The number of nitrogens with zero attached hydrogens (tertiary/aromatic N) is 3. The SMILES string of the molecule is CCNc1ncc(C(=O)NCC(c2ccccc2C)N(C)C)cn1. The maximum atomic E-state index is 12.3. The Morgan fingerprint density at radius 3 is 2.46 bits per heavy atom. The molecule has 1 atom stereocenters. The molecule has 1 unspecified atom stereocenters. The molecule has 6 heteroatoms. The van der Waals surface area contributed by atoms with E-state index in [0.717, 1.165) is 6.54 Å². The Morgan fingerprint density at radius 1 is 1.21 bits per heavy atom. The van der Waals surface area contributed by atoms with Crippen LogP contribution in [0.25, 0.3) is 0 Å². The van der Waals surface area contributed by atoms with Crippen LogP contribution >= 0.6 is 0 Å². The summed E-state index contributed by atoms with van der Waals surface area (Å²) in [5.74, 6) is 0.360. The molecular weight excluding hydrogens is 302 g/mol. The van der Waals surface area contributed by atoms with E-state index in [2.05, 4.69) is 44.6 Å². The zero-order chi connectivity index (χ0) is 17.5. The van der Waals surface area contributed by atoms with Crippen LogP contribution in [0.1, 0.15) is 34.5 Å². The lowest BCUT2D eigenvalue weighted by Crippen LogP contribution is -2.35. The van der Waals surface area contributed by atoms with Gasteiger partial charge in [-0.25, -0.2) is 9.97 Å². The number of nitrogens with one attached hydrogen (secondary N) is 2. The van der Waals surface area contributed by atoms with Crippen molar-refractivity contribution in [3.8, 4) is 0 Å². The van der Waals surface area contributed by atoms with Crippen LogP contribution in [0.2, 0.25) is 0 Å². The van der Waals surface area contributed by atoms with Crippen LogP contribution in [-0.4, -0.2) is 48.0 Å². The van der Waals surface area contributed by atoms with Gasteiger partial charge in [0.2, 0.25) is 5.95 Å². The third kappa shape index (κ3) is 4.52. The van der Waals surface area contributed by atoms with E-state index < -0.39 is 0 Å². The number of aryl methyl sites for hydroxylation is 1. The summed E-state index contributed by atoms with van der Waals surface area (Å²) in [7, 11) is 4.02. The van der Waals surface area contributed by atoms with E-state index in [0.29, 0.717) is 18.1 Å². The van der Waals surface area contributed by atoms with Gasteiger partial charge in [-0.05, 0) is 39.1 Å². The van der Waals surface area contributed by atoms with E-state index in [1.54, 1.807) is 12.4 Å². The highest BCUT2D eigenvalue weighted by molar-refractivity contribution is 5.93. The third-order valence-corrected chi connectivity index (χ3v) is 3.88. The summed E-state index contributed by atoms with van der Waals surface area (Å²) in [6, 6.07) is 8.33. The molecule has 1 aromatic heterocycles. The van der Waals surface area contributed by atoms with Gasteiger partial charge >= 0.3 is 0 Å². The molecule has 128 valence electrons. The van der Waals surface area contributed by atoms with E-state index in [9.17, 15) is 4.79 Å². The quantitative estimate of drug-likeness (QED) is 0.816. The fraction of sp³-hybridized carbons (Fsp3) is 0.389. The Morgan fingerprint density at radius 2 is 1.88 bits per heavy atom. The minimum Gasteiger partial charge on any atom is -0.355 e. The van der Waals surface area contributed by atoms with E-state index in [1.165, 1.54) is 11.1 Å². The molecular formula is C18H25N5O. The molecule has 1 heterocycles. The van der Waals surface area contributed by atoms with Gasteiger partial charge in [0.25, 0.3) is 5.91 Å². The Balaban J connectivity index is 2.04. The first kappa shape index (κ1) is 17.9. The zero-order valence-electron chi connectivity index (χ0n) is 14.7. The van der Waals surface area contributed by atoms with Crippen LogP contribution in [0.3, 0.4) is 0 Å². The lowest BCUT2D eigenvalue weighted by Gasteiger charge is -2.26. The van der Waals surface area contributed by atoms with Crippen molar-refractivity contribution in [2.24, 2.45) is 0 Å². The van der Waals surface area contributed by atoms with Gasteiger partial charge in [0.1, 0.15) is 0 Å². The van der Waals surface area contributed by atoms with Gasteiger partial charge in [-0.3, -0.25) is 4.79 Å². The van der Waals surface area contributed by atoms with Crippen molar-refractivity contribution in [2.45, 2.75) is 19.9 Å². The monoisotopic (exact) mass is 327 g/mol. The molecule has 0 aliphatic rings. The third-order valence-electron chi connectivity index (χ3n) is 3.88. The van der Waals surface area contributed by atoms with Crippen molar-refractivity contribution in [3.05, 3.63) is 53.3 Å². The van der Waals surface area contributed by atoms with Crippen LogP contribution in [-0.2, 0) is 0 Å². The number of likely N-dealkylation sites (N-methyl/N-ethyl adjacent to an activating group) is 1. The predicted molar refractivity (Wildman–Crippen MR) is 96.1 cm³/mol. The predicted octanol–water partition coefficient (Wildman–Crippen LogP) is 2.25. The number of amides is 1. The first-order valence-corrected chi connectivity index (χ1v) is 8.09. The number of aromatic nitrogens is 2. The van der Waals surface area contributed by atoms with Gasteiger partial charge in [-0.2, -0.15) is 0 Å². The molecule has 2 rings (SSSR count). The Kier molecular flexibility index (Phi) is 6.26. The van der Waals surface area contributed by atoms with Crippen molar-refractivity contribution >= 4 is 11.9 Å². The summed E-state index contributed by atoms with van der Waals surface area (Å²) in [6.45, 7) is 5.32. The number of carbonyl (C=O) groups excluding carboxylic acids is 1. The lowest BCUT2D eigenvalue weighted by molar-refractivity contribution is 0.0941. The summed E-state index contributed by atoms with van der Waals surface area (Å²) in [4.78, 5) is 22.7. The van der Waals surface area contributed by atoms with E-state index in [-0.39, 0.29) is 11.9 Å². The van der Waals surface area contributed by atoms with E-state index in [1.807, 2.05) is 33.2 Å². The maximum Gasteiger partial charge on any atom is 0.254 e. The van der Waals surface area contributed by atoms with Gasteiger partial charge in [-0.15, -0.1) is 0 Å². The van der Waals surface area contributed by atoms with E-state index in [4.69, 9.17) is 0 Å². The summed E-state index contributed by atoms with van der Waals surface area (Å²) in [6.07, 6.45) is 3.08. The van der Waals surface area contributed by atoms with Gasteiger partial charge in [-0.1, -0.05) is 24.3 Å². The number of hydrogen-bond acceptors (Lipinski definition) is 5. The second-order valence-corrected chi connectivity index (χ2v) is 5.87. The van der Waals surface area contributed by atoms with Gasteiger partial charge < -0.3 is 15.5 Å². The molecule has 0 saturated carbocycles. The highest BCUT2D eigenvalue weighted by Gasteiger charge is 2.17. The Labute approximate surface area is 143 Å². The average Bonchev–Trinajstić information content (AvgIpc) is 2.57. The molecule has 24 heavy (non-hydrogen) atoms. The normalized spacial score (nSPS) is 12.0. The molecule has 0 bridgehead atoms. The molecule has 2 N–H and O–H groups in total. The van der Waals surface area contributed by atoms with Crippen molar-refractivity contribution < 1.29 is 4.79 Å². The van der Waals surface area contributed by atoms with Crippen LogP contribution < -0.4 is 10.6 Å². The molecule has 2 aromatic rings. The van der Waals surface area contributed by atoms with E-state index >= 15 is 0 Å². The summed E-state index contributed by atoms with van der Waals surface area (Å²) >= 11 is 0. The molecule has 0 spiro atoms. The van der Waals surface area contributed by atoms with Crippen LogP contribution in [0.4, 0.5) is 5.95 Å². The van der Waals surface area contributed by atoms with Crippen molar-refractivity contribution in [2.75, 3.05) is 32.5 Å². The Bertz CT molecular complexity index is 669.